The summed E-state index contributed by atoms with van der Waals surface area (Å²) in [5, 5.41) is 10.7. The van der Waals surface area contributed by atoms with E-state index >= 15 is 0 Å². The molecule has 1 aliphatic heterocycles. The summed E-state index contributed by atoms with van der Waals surface area (Å²) in [6, 6.07) is 0. The summed E-state index contributed by atoms with van der Waals surface area (Å²) >= 11 is 0. The maximum absolute atomic E-state index is 11.6. The van der Waals surface area contributed by atoms with Crippen molar-refractivity contribution in [3.05, 3.63) is 35.5 Å². The number of carbonyl (C=O) groups is 1. The van der Waals surface area contributed by atoms with Crippen LogP contribution in [0.3, 0.4) is 0 Å². The zero-order valence-corrected chi connectivity index (χ0v) is 11.0. The van der Waals surface area contributed by atoms with Crippen LogP contribution in [0.15, 0.2) is 35.5 Å². The molecule has 98 valence electrons. The fourth-order valence-electron chi connectivity index (χ4n) is 2.48. The molecule has 0 aromatic carbocycles. The molecule has 2 rings (SSSR count). The molecule has 0 bridgehead atoms. The van der Waals surface area contributed by atoms with Gasteiger partial charge in [-0.1, -0.05) is 23.8 Å². The Balaban J connectivity index is 2.36. The fraction of sp³-hybridized carbons (Fsp3) is 0.533. The molecule has 3 nitrogen and oxygen atoms in total. The topological polar surface area (TPSA) is 46.5 Å². The van der Waals surface area contributed by atoms with E-state index in [1.807, 2.05) is 13.0 Å². The second-order valence-corrected chi connectivity index (χ2v) is 5.33. The van der Waals surface area contributed by atoms with Gasteiger partial charge < -0.3 is 9.84 Å². The molecule has 0 radical (unpaired) electrons. The van der Waals surface area contributed by atoms with Crippen LogP contribution in [0.5, 0.6) is 0 Å². The number of hydrogen-bond donors (Lipinski definition) is 1. The van der Waals surface area contributed by atoms with Gasteiger partial charge in [0.1, 0.15) is 5.60 Å². The number of ether oxygens (including phenoxy) is 1. The number of hydrogen-bond acceptors (Lipinski definition) is 3. The Morgan fingerprint density at radius 2 is 2.11 bits per heavy atom. The van der Waals surface area contributed by atoms with Crippen molar-refractivity contribution < 1.29 is 14.6 Å². The van der Waals surface area contributed by atoms with Crippen LogP contribution in [0.4, 0.5) is 0 Å². The van der Waals surface area contributed by atoms with Gasteiger partial charge in [-0.05, 0) is 45.6 Å². The lowest BCUT2D eigenvalue weighted by Gasteiger charge is -2.27. The molecule has 0 aromatic heterocycles. The van der Waals surface area contributed by atoms with Crippen LogP contribution in [0, 0.1) is 0 Å². The van der Waals surface area contributed by atoms with Crippen LogP contribution < -0.4 is 0 Å². The lowest BCUT2D eigenvalue weighted by molar-refractivity contribution is -0.138. The molecule has 0 saturated carbocycles. The maximum Gasteiger partial charge on any atom is 0.337 e. The third-order valence-electron chi connectivity index (χ3n) is 3.84. The molecule has 0 aromatic rings. The Bertz CT molecular complexity index is 445. The molecule has 1 heterocycles. The minimum atomic E-state index is -1.25. The molecule has 18 heavy (non-hydrogen) atoms. The fourth-order valence-corrected chi connectivity index (χ4v) is 2.48. The highest BCUT2D eigenvalue weighted by molar-refractivity contribution is 5.93. The Labute approximate surface area is 108 Å². The highest BCUT2D eigenvalue weighted by Crippen LogP contribution is 2.38. The van der Waals surface area contributed by atoms with E-state index in [4.69, 9.17) is 4.74 Å². The van der Waals surface area contributed by atoms with E-state index in [0.717, 1.165) is 24.8 Å². The first-order valence-electron chi connectivity index (χ1n) is 6.39. The maximum atomic E-state index is 11.6. The van der Waals surface area contributed by atoms with Crippen molar-refractivity contribution in [2.75, 3.05) is 0 Å². The molecule has 2 aliphatic rings. The van der Waals surface area contributed by atoms with Gasteiger partial charge in [0.25, 0.3) is 0 Å². The van der Waals surface area contributed by atoms with Crippen molar-refractivity contribution in [1.29, 1.82) is 0 Å². The van der Waals surface area contributed by atoms with Gasteiger partial charge in [-0.15, -0.1) is 0 Å². The average Bonchev–Trinajstić information content (AvgIpc) is 2.52. The first kappa shape index (κ1) is 13.1. The second-order valence-electron chi connectivity index (χ2n) is 5.33. The van der Waals surface area contributed by atoms with Crippen molar-refractivity contribution in [3.8, 4) is 0 Å². The summed E-state index contributed by atoms with van der Waals surface area (Å²) < 4.78 is 5.23. The zero-order valence-electron chi connectivity index (χ0n) is 11.0. The highest BCUT2D eigenvalue weighted by Gasteiger charge is 2.50. The summed E-state index contributed by atoms with van der Waals surface area (Å²) in [5.41, 5.74) is 1.31. The van der Waals surface area contributed by atoms with Crippen LogP contribution in [-0.4, -0.2) is 22.8 Å². The van der Waals surface area contributed by atoms with E-state index < -0.39 is 17.7 Å². The van der Waals surface area contributed by atoms with Gasteiger partial charge in [0.05, 0.1) is 5.57 Å². The molecular formula is C15H20O3. The van der Waals surface area contributed by atoms with Crippen molar-refractivity contribution in [2.45, 2.75) is 51.2 Å². The van der Waals surface area contributed by atoms with Crippen LogP contribution in [0.25, 0.3) is 0 Å². The third kappa shape index (κ3) is 2.27. The molecule has 2 atom stereocenters. The third-order valence-corrected chi connectivity index (χ3v) is 3.84. The van der Waals surface area contributed by atoms with Crippen molar-refractivity contribution in [2.24, 2.45) is 0 Å². The molecule has 0 unspecified atom stereocenters. The van der Waals surface area contributed by atoms with Crippen molar-refractivity contribution in [1.82, 2.24) is 0 Å². The monoisotopic (exact) mass is 248 g/mol. The SMILES string of the molecule is C=C1C(=O)O[C@@H]2/C=C(\C)CC/C=C(\C)CC[C@@]12O. The number of allylic oxidation sites excluding steroid dienone is 3. The van der Waals surface area contributed by atoms with Crippen LogP contribution in [0.1, 0.15) is 39.5 Å². The lowest BCUT2D eigenvalue weighted by atomic mass is 9.83. The summed E-state index contributed by atoms with van der Waals surface area (Å²) in [4.78, 5) is 11.6. The minimum Gasteiger partial charge on any atom is -0.451 e. The van der Waals surface area contributed by atoms with Crippen LogP contribution >= 0.6 is 0 Å². The number of rotatable bonds is 0. The first-order valence-corrected chi connectivity index (χ1v) is 6.39. The number of fused-ring (bicyclic) bond motifs is 1. The standard InChI is InChI=1S/C15H20O3/c1-10-5-4-6-11(2)9-13-15(17,8-7-10)12(3)14(16)18-13/h5,9,13,17H,3-4,6-8H2,1-2H3/b10-5+,11-9+/t13-,15-/m1/s1. The van der Waals surface area contributed by atoms with Crippen LogP contribution in [-0.2, 0) is 9.53 Å². The summed E-state index contributed by atoms with van der Waals surface area (Å²) in [5.74, 6) is -0.479. The van der Waals surface area contributed by atoms with Crippen molar-refractivity contribution >= 4 is 5.97 Å². The molecule has 1 saturated heterocycles. The Morgan fingerprint density at radius 1 is 1.39 bits per heavy atom. The van der Waals surface area contributed by atoms with Gasteiger partial charge in [-0.2, -0.15) is 0 Å². The van der Waals surface area contributed by atoms with Gasteiger partial charge in [0, 0.05) is 0 Å². The van der Waals surface area contributed by atoms with E-state index in [9.17, 15) is 9.90 Å². The molecule has 0 spiro atoms. The van der Waals surface area contributed by atoms with Crippen molar-refractivity contribution in [3.63, 3.8) is 0 Å². The van der Waals surface area contributed by atoms with Gasteiger partial charge in [-0.25, -0.2) is 4.79 Å². The van der Waals surface area contributed by atoms with Crippen LogP contribution in [0.2, 0.25) is 0 Å². The van der Waals surface area contributed by atoms with E-state index in [-0.39, 0.29) is 5.57 Å². The summed E-state index contributed by atoms with van der Waals surface area (Å²) in [6.07, 6.45) is 6.64. The number of carbonyl (C=O) groups excluding carboxylic acids is 1. The molecule has 1 fully saturated rings. The zero-order chi connectivity index (χ0) is 13.3. The summed E-state index contributed by atoms with van der Waals surface area (Å²) in [6.45, 7) is 7.75. The predicted octanol–water partition coefficient (Wildman–Crippen LogP) is 2.67. The van der Waals surface area contributed by atoms with Gasteiger partial charge in [-0.3, -0.25) is 0 Å². The van der Waals surface area contributed by atoms with Gasteiger partial charge in [0.2, 0.25) is 0 Å². The highest BCUT2D eigenvalue weighted by atomic mass is 16.6. The molecule has 1 N–H and O–H groups in total. The number of esters is 1. The van der Waals surface area contributed by atoms with E-state index in [0.29, 0.717) is 6.42 Å². The Kier molecular flexibility index (Phi) is 3.44. The van der Waals surface area contributed by atoms with E-state index in [1.165, 1.54) is 5.57 Å². The normalized spacial score (nSPS) is 39.2. The largest absolute Gasteiger partial charge is 0.451 e. The quantitative estimate of drug-likeness (QED) is 0.407. The van der Waals surface area contributed by atoms with E-state index in [2.05, 4.69) is 19.6 Å². The minimum absolute atomic E-state index is 0.185. The second kappa shape index (κ2) is 4.73. The average molecular weight is 248 g/mol. The predicted molar refractivity (Wildman–Crippen MR) is 70.0 cm³/mol. The molecule has 0 amide bonds. The van der Waals surface area contributed by atoms with Gasteiger partial charge >= 0.3 is 5.97 Å². The molecule has 3 heteroatoms. The molecule has 1 aliphatic carbocycles. The van der Waals surface area contributed by atoms with E-state index in [1.54, 1.807) is 0 Å². The first-order chi connectivity index (χ1) is 8.43. The molecular weight excluding hydrogens is 228 g/mol. The Morgan fingerprint density at radius 3 is 2.83 bits per heavy atom. The Hall–Kier alpha value is -1.35. The van der Waals surface area contributed by atoms with Gasteiger partial charge in [0.15, 0.2) is 6.10 Å². The number of aliphatic hydroxyl groups is 1. The smallest absolute Gasteiger partial charge is 0.337 e. The lowest BCUT2D eigenvalue weighted by Crippen LogP contribution is -2.38. The summed E-state index contributed by atoms with van der Waals surface area (Å²) in [7, 11) is 0.